The Morgan fingerprint density at radius 2 is 2.62 bits per heavy atom. The normalized spacial score (nSPS) is 27.9. The maximum atomic E-state index is 10.1. The maximum absolute atomic E-state index is 10.1. The van der Waals surface area contributed by atoms with Gasteiger partial charge in [-0.1, -0.05) is 0 Å². The van der Waals surface area contributed by atoms with E-state index in [0.29, 0.717) is 0 Å². The Morgan fingerprint density at radius 1 is 1.88 bits per heavy atom. The van der Waals surface area contributed by atoms with Gasteiger partial charge in [-0.05, 0) is 6.08 Å². The summed E-state index contributed by atoms with van der Waals surface area (Å²) in [4.78, 5) is 10.1. The summed E-state index contributed by atoms with van der Waals surface area (Å²) < 4.78 is 0. The van der Waals surface area contributed by atoms with E-state index in [0.717, 1.165) is 6.29 Å². The van der Waals surface area contributed by atoms with Crippen molar-refractivity contribution >= 4 is 6.29 Å². The molecule has 1 heterocycles. The summed E-state index contributed by atoms with van der Waals surface area (Å²) in [7, 11) is 1.82. The zero-order chi connectivity index (χ0) is 5.98. The van der Waals surface area contributed by atoms with Gasteiger partial charge in [0.15, 0.2) is 0 Å². The number of nitrogens with zero attached hydrogens (tertiary/aromatic N) is 1. The number of hydrazine groups is 1. The van der Waals surface area contributed by atoms with Crippen molar-refractivity contribution in [3.05, 3.63) is 12.3 Å². The van der Waals surface area contributed by atoms with Gasteiger partial charge in [0.25, 0.3) is 0 Å². The summed E-state index contributed by atoms with van der Waals surface area (Å²) >= 11 is 0. The fraction of sp³-hybridized carbons (Fsp3) is 0.400. The molecule has 1 aliphatic rings. The van der Waals surface area contributed by atoms with Crippen molar-refractivity contribution in [2.45, 2.75) is 6.04 Å². The molecule has 0 fully saturated rings. The molecule has 0 amide bonds. The molecular weight excluding hydrogens is 104 g/mol. The van der Waals surface area contributed by atoms with Crippen LogP contribution < -0.4 is 5.43 Å². The Kier molecular flexibility index (Phi) is 1.30. The molecule has 0 aromatic heterocycles. The Balaban J connectivity index is 2.52. The van der Waals surface area contributed by atoms with Gasteiger partial charge in [-0.3, -0.25) is 0 Å². The lowest BCUT2D eigenvalue weighted by molar-refractivity contribution is -0.110. The van der Waals surface area contributed by atoms with E-state index in [9.17, 15) is 4.79 Å². The lowest BCUT2D eigenvalue weighted by Crippen LogP contribution is -2.33. The van der Waals surface area contributed by atoms with Crippen LogP contribution in [0.3, 0.4) is 0 Å². The van der Waals surface area contributed by atoms with Gasteiger partial charge in [0, 0.05) is 13.2 Å². The van der Waals surface area contributed by atoms with Crippen molar-refractivity contribution in [1.82, 2.24) is 10.4 Å². The molecule has 3 nitrogen and oxygen atoms in total. The average molecular weight is 112 g/mol. The topological polar surface area (TPSA) is 32.3 Å². The molecule has 0 aromatic rings. The molecule has 3 heteroatoms. The number of nitrogens with one attached hydrogen (secondary N) is 1. The predicted octanol–water partition coefficient (Wildman–Crippen LogP) is -0.482. The van der Waals surface area contributed by atoms with Gasteiger partial charge in [-0.2, -0.15) is 0 Å². The Labute approximate surface area is 47.9 Å². The standard InChI is InChI=1S/C5H8N2O/c1-7-5(4-8)2-3-6-7/h2-6H,1H3. The van der Waals surface area contributed by atoms with Gasteiger partial charge >= 0.3 is 0 Å². The third-order valence-corrected chi connectivity index (χ3v) is 1.16. The summed E-state index contributed by atoms with van der Waals surface area (Å²) in [6, 6.07) is -0.0741. The highest BCUT2D eigenvalue weighted by Crippen LogP contribution is 1.96. The number of likely N-dealkylation sites (N-methyl/N-ethyl adjacent to an activating group) is 1. The van der Waals surface area contributed by atoms with E-state index in [1.165, 1.54) is 0 Å². The highest BCUT2D eigenvalue weighted by atomic mass is 16.1. The van der Waals surface area contributed by atoms with E-state index in [-0.39, 0.29) is 6.04 Å². The Morgan fingerprint density at radius 3 is 2.88 bits per heavy atom. The summed E-state index contributed by atoms with van der Waals surface area (Å²) in [5, 5.41) is 1.73. The van der Waals surface area contributed by atoms with Crippen molar-refractivity contribution in [3.63, 3.8) is 0 Å². The quantitative estimate of drug-likeness (QED) is 0.465. The molecule has 8 heavy (non-hydrogen) atoms. The number of aldehydes is 1. The number of rotatable bonds is 1. The molecule has 0 spiro atoms. The molecule has 1 rings (SSSR count). The van der Waals surface area contributed by atoms with Crippen LogP contribution in [-0.4, -0.2) is 24.4 Å². The van der Waals surface area contributed by atoms with Gasteiger partial charge in [0.2, 0.25) is 0 Å². The molecular formula is C5H8N2O. The lowest BCUT2D eigenvalue weighted by Gasteiger charge is -2.12. The summed E-state index contributed by atoms with van der Waals surface area (Å²) in [6.45, 7) is 0. The zero-order valence-corrected chi connectivity index (χ0v) is 4.66. The van der Waals surface area contributed by atoms with Gasteiger partial charge in [-0.15, -0.1) is 0 Å². The second-order valence-corrected chi connectivity index (χ2v) is 1.73. The first kappa shape index (κ1) is 5.31. The van der Waals surface area contributed by atoms with Crippen molar-refractivity contribution in [2.24, 2.45) is 0 Å². The molecule has 0 saturated carbocycles. The maximum Gasteiger partial charge on any atom is 0.142 e. The number of carbonyl (C=O) groups excluding carboxylic acids is 1. The zero-order valence-electron chi connectivity index (χ0n) is 4.66. The van der Waals surface area contributed by atoms with Crippen LogP contribution in [0, 0.1) is 0 Å². The SMILES string of the molecule is CN1NC=CC1C=O. The van der Waals surface area contributed by atoms with E-state index in [1.807, 2.05) is 7.05 Å². The van der Waals surface area contributed by atoms with Crippen molar-refractivity contribution in [3.8, 4) is 0 Å². The molecule has 1 N–H and O–H groups in total. The van der Waals surface area contributed by atoms with Gasteiger partial charge in [0.1, 0.15) is 12.3 Å². The van der Waals surface area contributed by atoms with Crippen molar-refractivity contribution in [1.29, 1.82) is 0 Å². The van der Waals surface area contributed by atoms with Crippen LogP contribution in [-0.2, 0) is 4.79 Å². The lowest BCUT2D eigenvalue weighted by atomic mass is 10.3. The summed E-state index contributed by atoms with van der Waals surface area (Å²) in [5.74, 6) is 0. The van der Waals surface area contributed by atoms with Crippen molar-refractivity contribution in [2.75, 3.05) is 7.05 Å². The molecule has 0 saturated heterocycles. The van der Waals surface area contributed by atoms with E-state index >= 15 is 0 Å². The molecule has 1 unspecified atom stereocenters. The average Bonchev–Trinajstić information content (AvgIpc) is 2.14. The molecule has 1 atom stereocenters. The number of hydrogen-bond donors (Lipinski definition) is 1. The van der Waals surface area contributed by atoms with E-state index < -0.39 is 0 Å². The minimum absolute atomic E-state index is 0.0741. The first-order chi connectivity index (χ1) is 3.84. The largest absolute Gasteiger partial charge is 0.326 e. The minimum Gasteiger partial charge on any atom is -0.326 e. The van der Waals surface area contributed by atoms with E-state index in [2.05, 4.69) is 5.43 Å². The van der Waals surface area contributed by atoms with Crippen LogP contribution in [0.25, 0.3) is 0 Å². The number of carbonyl (C=O) groups is 1. The predicted molar refractivity (Wildman–Crippen MR) is 29.9 cm³/mol. The molecule has 44 valence electrons. The van der Waals surface area contributed by atoms with Crippen LogP contribution in [0.1, 0.15) is 0 Å². The van der Waals surface area contributed by atoms with Crippen LogP contribution in [0.2, 0.25) is 0 Å². The van der Waals surface area contributed by atoms with Crippen molar-refractivity contribution < 1.29 is 4.79 Å². The Bertz CT molecular complexity index is 122. The highest BCUT2D eigenvalue weighted by Gasteiger charge is 2.12. The Hall–Kier alpha value is -0.830. The van der Waals surface area contributed by atoms with E-state index in [1.54, 1.807) is 17.3 Å². The molecule has 0 bridgehead atoms. The van der Waals surface area contributed by atoms with Gasteiger partial charge in [-0.25, -0.2) is 5.01 Å². The molecule has 0 aromatic carbocycles. The first-order valence-corrected chi connectivity index (χ1v) is 2.45. The van der Waals surface area contributed by atoms with Gasteiger partial charge < -0.3 is 10.2 Å². The second-order valence-electron chi connectivity index (χ2n) is 1.73. The smallest absolute Gasteiger partial charge is 0.142 e. The van der Waals surface area contributed by atoms with Crippen LogP contribution >= 0.6 is 0 Å². The first-order valence-electron chi connectivity index (χ1n) is 2.45. The van der Waals surface area contributed by atoms with Crippen LogP contribution in [0.15, 0.2) is 12.3 Å². The minimum atomic E-state index is -0.0741. The van der Waals surface area contributed by atoms with Gasteiger partial charge in [0.05, 0.1) is 0 Å². The fourth-order valence-corrected chi connectivity index (χ4v) is 0.611. The fourth-order valence-electron chi connectivity index (χ4n) is 0.611. The number of hydrogen-bond acceptors (Lipinski definition) is 3. The molecule has 1 aliphatic heterocycles. The van der Waals surface area contributed by atoms with Crippen LogP contribution in [0.4, 0.5) is 0 Å². The summed E-state index contributed by atoms with van der Waals surface area (Å²) in [5.41, 5.74) is 2.84. The molecule has 0 radical (unpaired) electrons. The van der Waals surface area contributed by atoms with Crippen LogP contribution in [0.5, 0.6) is 0 Å². The third-order valence-electron chi connectivity index (χ3n) is 1.16. The molecule has 0 aliphatic carbocycles. The second kappa shape index (κ2) is 1.96. The van der Waals surface area contributed by atoms with E-state index in [4.69, 9.17) is 0 Å². The highest BCUT2D eigenvalue weighted by molar-refractivity contribution is 5.61. The summed E-state index contributed by atoms with van der Waals surface area (Å²) in [6.07, 6.45) is 4.43. The monoisotopic (exact) mass is 112 g/mol. The third kappa shape index (κ3) is 0.721.